The van der Waals surface area contributed by atoms with Gasteiger partial charge in [-0.1, -0.05) is 17.7 Å². The zero-order valence-electron chi connectivity index (χ0n) is 14.7. The molecule has 3 rings (SSSR count). The molecule has 2 aliphatic rings. The quantitative estimate of drug-likeness (QED) is 0.804. The van der Waals surface area contributed by atoms with E-state index < -0.39 is 29.9 Å². The Morgan fingerprint density at radius 2 is 1.92 bits per heavy atom. The first-order valence-electron chi connectivity index (χ1n) is 8.53. The molecule has 1 N–H and O–H groups in total. The SMILES string of the molecule is Cc1ccc(N2C[C@@H](C(=O)O[C@H](C)C(=O)N3CCNC3=O)CC2=O)cc1. The fourth-order valence-electron chi connectivity index (χ4n) is 3.06. The maximum absolute atomic E-state index is 12.4. The minimum Gasteiger partial charge on any atom is -0.452 e. The van der Waals surface area contributed by atoms with Crippen LogP contribution < -0.4 is 10.2 Å². The lowest BCUT2D eigenvalue weighted by Gasteiger charge is -2.20. The van der Waals surface area contributed by atoms with E-state index in [1.54, 1.807) is 4.90 Å². The Balaban J connectivity index is 1.60. The predicted octanol–water partition coefficient (Wildman–Crippen LogP) is 0.831. The maximum atomic E-state index is 12.4. The molecule has 0 radical (unpaired) electrons. The minimum absolute atomic E-state index is 0.0395. The number of carbonyl (C=O) groups excluding carboxylic acids is 4. The third-order valence-electron chi connectivity index (χ3n) is 4.57. The molecule has 0 unspecified atom stereocenters. The fourth-order valence-corrected chi connectivity index (χ4v) is 3.06. The molecule has 138 valence electrons. The lowest BCUT2D eigenvalue weighted by molar-refractivity contribution is -0.160. The summed E-state index contributed by atoms with van der Waals surface area (Å²) in [5.74, 6) is -1.96. The fraction of sp³-hybridized carbons (Fsp3) is 0.444. The van der Waals surface area contributed by atoms with Gasteiger partial charge >= 0.3 is 12.0 Å². The molecule has 2 atom stereocenters. The average Bonchev–Trinajstić information content (AvgIpc) is 3.20. The van der Waals surface area contributed by atoms with Crippen molar-refractivity contribution in [2.75, 3.05) is 24.5 Å². The van der Waals surface area contributed by atoms with Gasteiger partial charge in [0.2, 0.25) is 5.91 Å². The van der Waals surface area contributed by atoms with Crippen molar-refractivity contribution in [1.29, 1.82) is 0 Å². The van der Waals surface area contributed by atoms with Crippen molar-refractivity contribution in [1.82, 2.24) is 10.2 Å². The Labute approximate surface area is 151 Å². The smallest absolute Gasteiger partial charge is 0.324 e. The molecule has 1 aromatic rings. The number of imide groups is 1. The van der Waals surface area contributed by atoms with Gasteiger partial charge in [0, 0.05) is 31.7 Å². The zero-order chi connectivity index (χ0) is 18.8. The van der Waals surface area contributed by atoms with Crippen LogP contribution in [0.2, 0.25) is 0 Å². The molecule has 2 fully saturated rings. The molecule has 4 amide bonds. The normalized spacial score (nSPS) is 20.9. The largest absolute Gasteiger partial charge is 0.452 e. The number of anilines is 1. The second-order valence-electron chi connectivity index (χ2n) is 6.54. The van der Waals surface area contributed by atoms with Gasteiger partial charge in [0.1, 0.15) is 0 Å². The first-order valence-corrected chi connectivity index (χ1v) is 8.53. The van der Waals surface area contributed by atoms with Crippen LogP contribution in [0, 0.1) is 12.8 Å². The molecular formula is C18H21N3O5. The summed E-state index contributed by atoms with van der Waals surface area (Å²) in [7, 11) is 0. The molecule has 0 aromatic heterocycles. The summed E-state index contributed by atoms with van der Waals surface area (Å²) in [5.41, 5.74) is 1.81. The number of benzene rings is 1. The number of ether oxygens (including phenoxy) is 1. The summed E-state index contributed by atoms with van der Waals surface area (Å²) in [4.78, 5) is 50.9. The van der Waals surface area contributed by atoms with Crippen molar-refractivity contribution in [2.24, 2.45) is 5.92 Å². The van der Waals surface area contributed by atoms with Crippen LogP contribution in [0.15, 0.2) is 24.3 Å². The van der Waals surface area contributed by atoms with Crippen LogP contribution in [-0.4, -0.2) is 54.5 Å². The standard InChI is InChI=1S/C18H21N3O5/c1-11-3-5-14(6-4-11)21-10-13(9-15(21)22)17(24)26-12(2)16(23)20-8-7-19-18(20)25/h3-6,12-13H,7-10H2,1-2H3,(H,19,25)/t12-,13+/m1/s1. The highest BCUT2D eigenvalue weighted by atomic mass is 16.5. The summed E-state index contributed by atoms with van der Waals surface area (Å²) < 4.78 is 5.22. The van der Waals surface area contributed by atoms with Gasteiger partial charge in [-0.2, -0.15) is 0 Å². The molecule has 2 aliphatic heterocycles. The highest BCUT2D eigenvalue weighted by Crippen LogP contribution is 2.26. The summed E-state index contributed by atoms with van der Waals surface area (Å²) in [5, 5.41) is 2.52. The van der Waals surface area contributed by atoms with Crippen LogP contribution in [0.1, 0.15) is 18.9 Å². The number of rotatable bonds is 4. The Morgan fingerprint density at radius 3 is 2.54 bits per heavy atom. The first kappa shape index (κ1) is 17.9. The Morgan fingerprint density at radius 1 is 1.23 bits per heavy atom. The molecule has 0 saturated carbocycles. The van der Waals surface area contributed by atoms with Gasteiger partial charge in [-0.25, -0.2) is 4.79 Å². The molecule has 0 aliphatic carbocycles. The van der Waals surface area contributed by atoms with Crippen molar-refractivity contribution in [2.45, 2.75) is 26.4 Å². The van der Waals surface area contributed by atoms with Gasteiger partial charge in [0.25, 0.3) is 5.91 Å². The third kappa shape index (κ3) is 3.54. The molecule has 2 heterocycles. The van der Waals surface area contributed by atoms with Crippen LogP contribution in [0.4, 0.5) is 10.5 Å². The lowest BCUT2D eigenvalue weighted by Crippen LogP contribution is -2.42. The van der Waals surface area contributed by atoms with Gasteiger partial charge < -0.3 is 15.0 Å². The Hall–Kier alpha value is -2.90. The second kappa shape index (κ2) is 7.15. The number of hydrogen-bond acceptors (Lipinski definition) is 5. The van der Waals surface area contributed by atoms with Crippen molar-refractivity contribution >= 4 is 29.5 Å². The predicted molar refractivity (Wildman–Crippen MR) is 92.3 cm³/mol. The van der Waals surface area contributed by atoms with E-state index in [0.717, 1.165) is 16.2 Å². The third-order valence-corrected chi connectivity index (χ3v) is 4.57. The number of carbonyl (C=O) groups is 4. The first-order chi connectivity index (χ1) is 12.4. The number of hydrogen-bond donors (Lipinski definition) is 1. The van der Waals surface area contributed by atoms with Gasteiger partial charge in [0.05, 0.1) is 5.92 Å². The maximum Gasteiger partial charge on any atom is 0.324 e. The van der Waals surface area contributed by atoms with E-state index >= 15 is 0 Å². The van der Waals surface area contributed by atoms with E-state index in [4.69, 9.17) is 4.74 Å². The van der Waals surface area contributed by atoms with Crippen molar-refractivity contribution in [3.05, 3.63) is 29.8 Å². The van der Waals surface area contributed by atoms with Gasteiger partial charge in [-0.3, -0.25) is 19.3 Å². The molecular weight excluding hydrogens is 338 g/mol. The summed E-state index contributed by atoms with van der Waals surface area (Å²) in [6.45, 7) is 4.23. The Bertz CT molecular complexity index is 746. The van der Waals surface area contributed by atoms with Crippen LogP contribution >= 0.6 is 0 Å². The molecule has 1 aromatic carbocycles. The van der Waals surface area contributed by atoms with E-state index in [1.165, 1.54) is 6.92 Å². The summed E-state index contributed by atoms with van der Waals surface area (Å²) in [6.07, 6.45) is -1.03. The topological polar surface area (TPSA) is 96.0 Å². The molecule has 0 bridgehead atoms. The highest BCUT2D eigenvalue weighted by molar-refractivity contribution is 6.01. The van der Waals surface area contributed by atoms with Crippen LogP contribution in [-0.2, 0) is 19.1 Å². The molecule has 2 saturated heterocycles. The van der Waals surface area contributed by atoms with E-state index in [2.05, 4.69) is 5.32 Å². The number of amides is 4. The highest BCUT2D eigenvalue weighted by Gasteiger charge is 2.38. The Kier molecular flexibility index (Phi) is 4.92. The second-order valence-corrected chi connectivity index (χ2v) is 6.54. The van der Waals surface area contributed by atoms with Gasteiger partial charge in [0.15, 0.2) is 6.10 Å². The number of urea groups is 1. The lowest BCUT2D eigenvalue weighted by atomic mass is 10.1. The van der Waals surface area contributed by atoms with E-state index in [0.29, 0.717) is 6.54 Å². The number of nitrogens with one attached hydrogen (secondary N) is 1. The van der Waals surface area contributed by atoms with E-state index in [-0.39, 0.29) is 25.4 Å². The van der Waals surface area contributed by atoms with Gasteiger partial charge in [-0.15, -0.1) is 0 Å². The number of aryl methyl sites for hydroxylation is 1. The van der Waals surface area contributed by atoms with E-state index in [9.17, 15) is 19.2 Å². The molecule has 0 spiro atoms. The van der Waals surface area contributed by atoms with Crippen LogP contribution in [0.25, 0.3) is 0 Å². The van der Waals surface area contributed by atoms with Crippen molar-refractivity contribution in [3.63, 3.8) is 0 Å². The zero-order valence-corrected chi connectivity index (χ0v) is 14.7. The number of esters is 1. The van der Waals surface area contributed by atoms with Gasteiger partial charge in [-0.05, 0) is 26.0 Å². The minimum atomic E-state index is -1.07. The van der Waals surface area contributed by atoms with Crippen molar-refractivity contribution < 1.29 is 23.9 Å². The summed E-state index contributed by atoms with van der Waals surface area (Å²) >= 11 is 0. The van der Waals surface area contributed by atoms with E-state index in [1.807, 2.05) is 31.2 Å². The molecule has 8 heteroatoms. The van der Waals surface area contributed by atoms with Crippen LogP contribution in [0.3, 0.4) is 0 Å². The molecule has 26 heavy (non-hydrogen) atoms. The average molecular weight is 359 g/mol. The summed E-state index contributed by atoms with van der Waals surface area (Å²) in [6, 6.07) is 6.98. The molecule has 8 nitrogen and oxygen atoms in total. The monoisotopic (exact) mass is 359 g/mol. The number of nitrogens with zero attached hydrogens (tertiary/aromatic N) is 2. The van der Waals surface area contributed by atoms with Crippen molar-refractivity contribution in [3.8, 4) is 0 Å². The van der Waals surface area contributed by atoms with Crippen LogP contribution in [0.5, 0.6) is 0 Å².